The lowest BCUT2D eigenvalue weighted by molar-refractivity contribution is -0.870. The zero-order chi connectivity index (χ0) is 37.9. The Balaban J connectivity index is 5.32. The van der Waals surface area contributed by atoms with Crippen LogP contribution in [0, 0.1) is 5.92 Å². The lowest BCUT2D eigenvalue weighted by Gasteiger charge is -2.42. The van der Waals surface area contributed by atoms with Crippen LogP contribution in [0.25, 0.3) is 0 Å². The van der Waals surface area contributed by atoms with Crippen molar-refractivity contribution >= 4 is 25.6 Å². The van der Waals surface area contributed by atoms with Gasteiger partial charge in [0.25, 0.3) is 7.82 Å². The molecule has 0 aromatic carbocycles. The van der Waals surface area contributed by atoms with Gasteiger partial charge in [0.15, 0.2) is 0 Å². The number of esters is 1. The van der Waals surface area contributed by atoms with Crippen LogP contribution in [0.15, 0.2) is 0 Å². The van der Waals surface area contributed by atoms with Crippen LogP contribution < -0.4 is 4.89 Å². The van der Waals surface area contributed by atoms with E-state index in [-0.39, 0.29) is 24.9 Å². The topological polar surface area (TPSA) is 84.9 Å². The Morgan fingerprint density at radius 1 is 0.702 bits per heavy atom. The van der Waals surface area contributed by atoms with Gasteiger partial charge in [-0.3, -0.25) is 9.36 Å². The standard InChI is InChI=1S/C21H27F17NO6PS/c1-12(13(40)43-8-9-45-46(41,42)44-7-6-39(2,3)4)11-47-10-5-14(22,23)15(24,25)16(26,27)17(28,29)18(30,31)19(32,33)20(34,35)21(36,37)38/h12H,5-11H2,1-4H3. The number of halogens is 17. The van der Waals surface area contributed by atoms with Gasteiger partial charge >= 0.3 is 53.6 Å². The number of likely N-dealkylation sites (N-methyl/N-ethyl adjacent to an activating group) is 1. The number of hydrogen-bond donors (Lipinski definition) is 0. The fraction of sp³-hybridized carbons (Fsp3) is 0.952. The van der Waals surface area contributed by atoms with E-state index in [0.29, 0.717) is 4.48 Å². The summed E-state index contributed by atoms with van der Waals surface area (Å²) >= 11 is 0.0350. The van der Waals surface area contributed by atoms with E-state index in [4.69, 9.17) is 0 Å². The van der Waals surface area contributed by atoms with Gasteiger partial charge in [-0.15, -0.1) is 0 Å². The fourth-order valence-electron chi connectivity index (χ4n) is 2.78. The molecule has 2 atom stereocenters. The predicted molar refractivity (Wildman–Crippen MR) is 125 cm³/mol. The van der Waals surface area contributed by atoms with E-state index in [9.17, 15) is 88.9 Å². The van der Waals surface area contributed by atoms with Gasteiger partial charge in [-0.1, -0.05) is 6.92 Å². The normalized spacial score (nSPS) is 17.0. The zero-order valence-electron chi connectivity index (χ0n) is 24.2. The van der Waals surface area contributed by atoms with Crippen molar-refractivity contribution in [1.82, 2.24) is 0 Å². The van der Waals surface area contributed by atoms with Crippen molar-refractivity contribution in [2.45, 2.75) is 61.0 Å². The summed E-state index contributed by atoms with van der Waals surface area (Å²) in [5, 5.41) is 0. The van der Waals surface area contributed by atoms with E-state index < -0.39 is 98.5 Å². The first-order valence-electron chi connectivity index (χ1n) is 12.3. The molecule has 0 aliphatic heterocycles. The lowest BCUT2D eigenvalue weighted by Crippen LogP contribution is -2.74. The van der Waals surface area contributed by atoms with Gasteiger partial charge < -0.3 is 23.2 Å². The molecule has 0 aliphatic rings. The van der Waals surface area contributed by atoms with E-state index in [0.717, 1.165) is 6.92 Å². The number of nitrogens with zero attached hydrogens (tertiary/aromatic N) is 1. The second kappa shape index (κ2) is 14.9. The van der Waals surface area contributed by atoms with E-state index in [1.165, 1.54) is 0 Å². The molecular formula is C21H27F17NO6PS. The minimum Gasteiger partial charge on any atom is -0.756 e. The number of quaternary nitrogens is 1. The maximum atomic E-state index is 14.0. The molecule has 282 valence electrons. The molecule has 0 aromatic heterocycles. The average molecular weight is 775 g/mol. The Morgan fingerprint density at radius 3 is 1.53 bits per heavy atom. The van der Waals surface area contributed by atoms with Crippen molar-refractivity contribution in [2.75, 3.05) is 59.0 Å². The molecule has 0 saturated heterocycles. The van der Waals surface area contributed by atoms with Crippen molar-refractivity contribution in [2.24, 2.45) is 5.92 Å². The van der Waals surface area contributed by atoms with Crippen LogP contribution in [-0.2, 0) is 23.1 Å². The van der Waals surface area contributed by atoms with Crippen LogP contribution in [-0.4, -0.2) is 117 Å². The molecule has 7 nitrogen and oxygen atoms in total. The molecule has 2 unspecified atom stereocenters. The number of phosphoric ester groups is 1. The third-order valence-electron chi connectivity index (χ3n) is 5.71. The second-order valence-corrected chi connectivity index (χ2v) is 13.2. The monoisotopic (exact) mass is 775 g/mol. The first-order chi connectivity index (χ1) is 20.5. The van der Waals surface area contributed by atoms with Crippen LogP contribution in [0.5, 0.6) is 0 Å². The smallest absolute Gasteiger partial charge is 0.460 e. The third kappa shape index (κ3) is 10.1. The largest absolute Gasteiger partial charge is 0.756 e. The van der Waals surface area contributed by atoms with Gasteiger partial charge in [-0.05, 0) is 5.75 Å². The van der Waals surface area contributed by atoms with Crippen LogP contribution >= 0.6 is 19.6 Å². The van der Waals surface area contributed by atoms with Crippen molar-refractivity contribution < 1.29 is 107 Å². The molecule has 0 fully saturated rings. The van der Waals surface area contributed by atoms with Gasteiger partial charge in [0.1, 0.15) is 19.8 Å². The summed E-state index contributed by atoms with van der Waals surface area (Å²) < 4.78 is 252. The van der Waals surface area contributed by atoms with Crippen LogP contribution in [0.3, 0.4) is 0 Å². The highest BCUT2D eigenvalue weighted by Gasteiger charge is 2.95. The Morgan fingerprint density at radius 2 is 1.11 bits per heavy atom. The van der Waals surface area contributed by atoms with Crippen molar-refractivity contribution in [1.29, 1.82) is 0 Å². The highest BCUT2D eigenvalue weighted by atomic mass is 32.2. The summed E-state index contributed by atoms with van der Waals surface area (Å²) in [5.41, 5.74) is 0. The summed E-state index contributed by atoms with van der Waals surface area (Å²) in [7, 11) is 0.347. The molecule has 0 radical (unpaired) electrons. The minimum absolute atomic E-state index is 0.0350. The molecule has 0 bridgehead atoms. The van der Waals surface area contributed by atoms with E-state index in [1.54, 1.807) is 21.1 Å². The van der Waals surface area contributed by atoms with Crippen molar-refractivity contribution in [3.8, 4) is 0 Å². The minimum atomic E-state index is -8.69. The average Bonchev–Trinajstić information content (AvgIpc) is 2.86. The third-order valence-corrected chi connectivity index (χ3v) is 7.93. The molecule has 0 amide bonds. The summed E-state index contributed by atoms with van der Waals surface area (Å²) in [6, 6.07) is 0. The molecule has 0 spiro atoms. The number of carbonyl (C=O) groups is 1. The van der Waals surface area contributed by atoms with Gasteiger partial charge in [0.05, 0.1) is 33.7 Å². The van der Waals surface area contributed by atoms with Gasteiger partial charge in [-0.25, -0.2) is 0 Å². The van der Waals surface area contributed by atoms with Gasteiger partial charge in [-0.2, -0.15) is 86.4 Å². The Bertz CT molecular complexity index is 1100. The van der Waals surface area contributed by atoms with Crippen LogP contribution in [0.4, 0.5) is 74.6 Å². The molecule has 26 heteroatoms. The fourth-order valence-corrected chi connectivity index (χ4v) is 4.51. The number of alkyl halides is 17. The Kier molecular flexibility index (Phi) is 14.5. The van der Waals surface area contributed by atoms with Crippen molar-refractivity contribution in [3.63, 3.8) is 0 Å². The summed E-state index contributed by atoms with van der Waals surface area (Å²) in [4.78, 5) is 23.5. The zero-order valence-corrected chi connectivity index (χ0v) is 25.9. The first kappa shape index (κ1) is 45.7. The maximum Gasteiger partial charge on any atom is 0.460 e. The van der Waals surface area contributed by atoms with E-state index in [2.05, 4.69) is 13.8 Å². The van der Waals surface area contributed by atoms with E-state index >= 15 is 0 Å². The number of thioether (sulfide) groups is 1. The molecule has 0 heterocycles. The number of hydrogen-bond acceptors (Lipinski definition) is 7. The summed E-state index contributed by atoms with van der Waals surface area (Å²) in [6.45, 7) is -0.518. The molecule has 0 N–H and O–H groups in total. The molecule has 47 heavy (non-hydrogen) atoms. The van der Waals surface area contributed by atoms with Gasteiger partial charge in [0.2, 0.25) is 0 Å². The SMILES string of the molecule is CC(CSCCC(F)(F)C(F)(F)C(F)(F)C(F)(F)C(F)(F)C(F)(F)C(F)(F)C(F)(F)F)C(=O)OCCOP(=O)([O-])OCC[N+](C)(C)C. The molecule has 0 aromatic rings. The molecule has 0 saturated carbocycles. The van der Waals surface area contributed by atoms with E-state index in [1.807, 2.05) is 0 Å². The van der Waals surface area contributed by atoms with Gasteiger partial charge in [0, 0.05) is 12.2 Å². The molecular weight excluding hydrogens is 748 g/mol. The lowest BCUT2D eigenvalue weighted by atomic mass is 9.88. The number of carbonyl (C=O) groups excluding carboxylic acids is 1. The Labute approximate surface area is 259 Å². The molecule has 0 aliphatic carbocycles. The highest BCUT2D eigenvalue weighted by Crippen LogP contribution is 2.64. The molecule has 0 rings (SSSR count). The van der Waals surface area contributed by atoms with Crippen LogP contribution in [0.1, 0.15) is 13.3 Å². The number of phosphoric acid groups is 1. The Hall–Kier alpha value is -1.30. The maximum absolute atomic E-state index is 14.0. The van der Waals surface area contributed by atoms with Crippen molar-refractivity contribution in [3.05, 3.63) is 0 Å². The number of rotatable bonds is 20. The predicted octanol–water partition coefficient (Wildman–Crippen LogP) is 6.51. The summed E-state index contributed by atoms with van der Waals surface area (Å²) in [6.07, 6.45) is -10.5. The highest BCUT2D eigenvalue weighted by molar-refractivity contribution is 7.99. The summed E-state index contributed by atoms with van der Waals surface area (Å²) in [5.74, 6) is -61.5. The quantitative estimate of drug-likeness (QED) is 0.0459. The number of ether oxygens (including phenoxy) is 1. The first-order valence-corrected chi connectivity index (χ1v) is 14.9. The second-order valence-electron chi connectivity index (χ2n) is 10.7. The van der Waals surface area contributed by atoms with Crippen LogP contribution in [0.2, 0.25) is 0 Å².